The highest BCUT2D eigenvalue weighted by Gasteiger charge is 2.48. The largest absolute Gasteiger partial charge is 0.497 e. The van der Waals surface area contributed by atoms with Crippen LogP contribution >= 0.6 is 0 Å². The van der Waals surface area contributed by atoms with Crippen molar-refractivity contribution >= 4 is 11.9 Å². The Morgan fingerprint density at radius 2 is 1.85 bits per heavy atom. The van der Waals surface area contributed by atoms with Gasteiger partial charge in [0.25, 0.3) is 0 Å². The van der Waals surface area contributed by atoms with Crippen LogP contribution in [0.2, 0.25) is 0 Å². The van der Waals surface area contributed by atoms with E-state index < -0.39 is 12.1 Å². The van der Waals surface area contributed by atoms with Crippen molar-refractivity contribution in [1.29, 1.82) is 0 Å². The first-order chi connectivity index (χ1) is 16.0. The van der Waals surface area contributed by atoms with Crippen LogP contribution in [0.1, 0.15) is 44.6 Å². The van der Waals surface area contributed by atoms with Gasteiger partial charge in [-0.2, -0.15) is 13.2 Å². The lowest BCUT2D eigenvalue weighted by Crippen LogP contribution is -2.51. The number of nitrogens with zero attached hydrogens (tertiary/aromatic N) is 1. The first-order valence-corrected chi connectivity index (χ1v) is 11.6. The lowest BCUT2D eigenvalue weighted by atomic mass is 9.80. The van der Waals surface area contributed by atoms with Gasteiger partial charge in [0.2, 0.25) is 5.91 Å². The number of carbonyl (C=O) groups is 2. The Kier molecular flexibility index (Phi) is 8.46. The number of hydrogen-bond donors (Lipinski definition) is 2. The van der Waals surface area contributed by atoms with Crippen LogP contribution in [0.3, 0.4) is 0 Å². The summed E-state index contributed by atoms with van der Waals surface area (Å²) in [5.41, 5.74) is 1.20. The first kappa shape index (κ1) is 26.3. The van der Waals surface area contributed by atoms with Crippen LogP contribution < -0.4 is 10.1 Å². The maximum Gasteiger partial charge on any atom is 0.490 e. The first-order valence-electron chi connectivity index (χ1n) is 11.6. The highest BCUT2D eigenvalue weighted by Crippen LogP contribution is 2.42. The molecule has 0 bridgehead atoms. The zero-order chi connectivity index (χ0) is 24.9. The normalized spacial score (nSPS) is 27.1. The molecule has 2 aliphatic heterocycles. The van der Waals surface area contributed by atoms with Crippen LogP contribution in [0, 0.1) is 11.8 Å². The molecule has 0 radical (unpaired) electrons. The van der Waals surface area contributed by atoms with Crippen molar-refractivity contribution in [1.82, 2.24) is 10.2 Å². The van der Waals surface area contributed by atoms with E-state index >= 15 is 0 Å². The zero-order valence-electron chi connectivity index (χ0n) is 19.6. The number of aliphatic carboxylic acids is 1. The molecule has 3 atom stereocenters. The number of nitrogens with one attached hydrogen (secondary N) is 1. The number of rotatable bonds is 6. The minimum Gasteiger partial charge on any atom is -0.497 e. The van der Waals surface area contributed by atoms with Crippen molar-refractivity contribution in [3.63, 3.8) is 0 Å². The standard InChI is InChI=1S/C22H32N2O3.C2HF3O2/c1-16-14-24(15-18-5-7-19(26-2)8-6-18)12-11-22(16)10-9-20(27-22)21(25)23-13-17-3-4-17;3-2(4,5)1(6)7/h5-8,16-17,20H,3-4,9-15H2,1-2H3,(H,23,25);(H,6,7)/t16-,20?,22+;/m0./s1. The molecule has 1 unspecified atom stereocenters. The van der Waals surface area contributed by atoms with Gasteiger partial charge in [-0.15, -0.1) is 0 Å². The van der Waals surface area contributed by atoms with Gasteiger partial charge in [-0.3, -0.25) is 9.69 Å². The minimum absolute atomic E-state index is 0.103. The number of likely N-dealkylation sites (tertiary alicyclic amines) is 1. The van der Waals surface area contributed by atoms with E-state index in [-0.39, 0.29) is 17.6 Å². The molecule has 1 saturated carbocycles. The number of benzene rings is 1. The third-order valence-electron chi connectivity index (χ3n) is 6.85. The van der Waals surface area contributed by atoms with Gasteiger partial charge in [0.1, 0.15) is 11.9 Å². The fraction of sp³-hybridized carbons (Fsp3) is 0.667. The van der Waals surface area contributed by atoms with E-state index in [2.05, 4.69) is 29.3 Å². The Balaban J connectivity index is 0.000000406. The number of carboxylic acids is 1. The SMILES string of the molecule is COc1ccc(CN2CC[C@]3(CCC(C(=O)NCC4CC4)O3)[C@@H](C)C2)cc1.O=C(O)C(F)(F)F. The van der Waals surface area contributed by atoms with Gasteiger partial charge in [-0.1, -0.05) is 19.1 Å². The molecule has 1 amide bonds. The predicted octanol–water partition coefficient (Wildman–Crippen LogP) is 3.61. The molecule has 7 nitrogen and oxygen atoms in total. The smallest absolute Gasteiger partial charge is 0.490 e. The van der Waals surface area contributed by atoms with Crippen molar-refractivity contribution in [3.8, 4) is 5.75 Å². The quantitative estimate of drug-likeness (QED) is 0.639. The minimum atomic E-state index is -5.08. The van der Waals surface area contributed by atoms with Crippen molar-refractivity contribution in [2.24, 2.45) is 11.8 Å². The van der Waals surface area contributed by atoms with Crippen LogP contribution in [0.15, 0.2) is 24.3 Å². The van der Waals surface area contributed by atoms with Crippen LogP contribution in [0.5, 0.6) is 5.75 Å². The van der Waals surface area contributed by atoms with Crippen LogP contribution in [0.25, 0.3) is 0 Å². The number of alkyl halides is 3. The molecule has 190 valence electrons. The number of halogens is 3. The molecular weight excluding hydrogens is 453 g/mol. The molecule has 2 saturated heterocycles. The van der Waals surface area contributed by atoms with E-state index in [0.717, 1.165) is 51.2 Å². The van der Waals surface area contributed by atoms with E-state index in [1.165, 1.54) is 18.4 Å². The highest BCUT2D eigenvalue weighted by atomic mass is 19.4. The average molecular weight is 487 g/mol. The topological polar surface area (TPSA) is 88.1 Å². The van der Waals surface area contributed by atoms with E-state index in [9.17, 15) is 18.0 Å². The van der Waals surface area contributed by atoms with Crippen LogP contribution in [-0.2, 0) is 20.9 Å². The molecule has 1 aliphatic carbocycles. The lowest BCUT2D eigenvalue weighted by Gasteiger charge is -2.44. The summed E-state index contributed by atoms with van der Waals surface area (Å²) in [4.78, 5) is 23.8. The third-order valence-corrected chi connectivity index (χ3v) is 6.85. The molecule has 10 heteroatoms. The summed E-state index contributed by atoms with van der Waals surface area (Å²) < 4.78 is 43.4. The van der Waals surface area contributed by atoms with Gasteiger partial charge in [-0.25, -0.2) is 4.79 Å². The Hall–Kier alpha value is -2.33. The fourth-order valence-electron chi connectivity index (χ4n) is 4.56. The Labute approximate surface area is 197 Å². The molecule has 3 aliphatic rings. The molecule has 1 spiro atoms. The summed E-state index contributed by atoms with van der Waals surface area (Å²) in [5, 5.41) is 10.2. The molecule has 2 heterocycles. The van der Waals surface area contributed by atoms with Crippen molar-refractivity contribution < 1.29 is 37.3 Å². The molecule has 4 rings (SSSR count). The second kappa shape index (κ2) is 10.9. The Bertz CT molecular complexity index is 844. The number of hydrogen-bond acceptors (Lipinski definition) is 5. The van der Waals surface area contributed by atoms with Gasteiger partial charge < -0.3 is 19.9 Å². The van der Waals surface area contributed by atoms with Crippen LogP contribution in [0.4, 0.5) is 13.2 Å². The summed E-state index contributed by atoms with van der Waals surface area (Å²) in [6, 6.07) is 8.32. The molecular formula is C24H33F3N2O5. The third kappa shape index (κ3) is 7.09. The monoisotopic (exact) mass is 486 g/mol. The summed E-state index contributed by atoms with van der Waals surface area (Å²) in [6.45, 7) is 6.10. The predicted molar refractivity (Wildman–Crippen MR) is 118 cm³/mol. The van der Waals surface area contributed by atoms with Crippen molar-refractivity contribution in [2.75, 3.05) is 26.7 Å². The van der Waals surface area contributed by atoms with E-state index in [1.807, 2.05) is 12.1 Å². The fourth-order valence-corrected chi connectivity index (χ4v) is 4.56. The molecule has 34 heavy (non-hydrogen) atoms. The molecule has 2 N–H and O–H groups in total. The average Bonchev–Trinajstić information content (AvgIpc) is 3.53. The molecule has 3 fully saturated rings. The van der Waals surface area contributed by atoms with E-state index in [1.54, 1.807) is 7.11 Å². The van der Waals surface area contributed by atoms with Gasteiger partial charge in [0, 0.05) is 26.2 Å². The number of ether oxygens (including phenoxy) is 2. The van der Waals surface area contributed by atoms with Gasteiger partial charge in [0.15, 0.2) is 0 Å². The number of carbonyl (C=O) groups excluding carboxylic acids is 1. The van der Waals surface area contributed by atoms with Gasteiger partial charge in [-0.05, 0) is 61.6 Å². The second-order valence-electron chi connectivity index (χ2n) is 9.44. The zero-order valence-corrected chi connectivity index (χ0v) is 19.6. The Morgan fingerprint density at radius 1 is 1.21 bits per heavy atom. The van der Waals surface area contributed by atoms with E-state index in [0.29, 0.717) is 11.8 Å². The summed E-state index contributed by atoms with van der Waals surface area (Å²) in [6.07, 6.45) is 0.0646. The number of piperidine rings is 1. The summed E-state index contributed by atoms with van der Waals surface area (Å²) >= 11 is 0. The summed E-state index contributed by atoms with van der Waals surface area (Å²) in [7, 11) is 1.70. The van der Waals surface area contributed by atoms with Gasteiger partial charge in [0.05, 0.1) is 12.7 Å². The maximum absolute atomic E-state index is 12.4. The number of methoxy groups -OCH3 is 1. The van der Waals surface area contributed by atoms with E-state index in [4.69, 9.17) is 19.4 Å². The number of amides is 1. The molecule has 1 aromatic rings. The summed E-state index contributed by atoms with van der Waals surface area (Å²) in [5.74, 6) is -0.607. The van der Waals surface area contributed by atoms with Gasteiger partial charge >= 0.3 is 12.1 Å². The molecule has 0 aromatic heterocycles. The van der Waals surface area contributed by atoms with Crippen molar-refractivity contribution in [2.45, 2.75) is 63.5 Å². The second-order valence-corrected chi connectivity index (χ2v) is 9.44. The maximum atomic E-state index is 12.4. The highest BCUT2D eigenvalue weighted by molar-refractivity contribution is 5.81. The van der Waals surface area contributed by atoms with Crippen molar-refractivity contribution in [3.05, 3.63) is 29.8 Å². The van der Waals surface area contributed by atoms with Crippen LogP contribution in [-0.4, -0.2) is 66.5 Å². The lowest BCUT2D eigenvalue weighted by molar-refractivity contribution is -0.192. The number of carboxylic acid groups (broad SMARTS) is 1. The Morgan fingerprint density at radius 3 is 2.38 bits per heavy atom. The molecule has 1 aromatic carbocycles.